The maximum Gasteiger partial charge on any atom is 0.234 e. The lowest BCUT2D eigenvalue weighted by atomic mass is 10.0. The second-order valence-corrected chi connectivity index (χ2v) is 7.16. The van der Waals surface area contributed by atoms with Crippen LogP contribution in [0, 0.1) is 5.82 Å². The summed E-state index contributed by atoms with van der Waals surface area (Å²) in [5.74, 6) is -0.685. The number of carbonyl (C=O) groups excluding carboxylic acids is 2. The first-order chi connectivity index (χ1) is 13.0. The van der Waals surface area contributed by atoms with Gasteiger partial charge in [0.25, 0.3) is 0 Å². The Morgan fingerprint density at radius 1 is 0.963 bits per heavy atom. The van der Waals surface area contributed by atoms with E-state index in [1.165, 1.54) is 23.9 Å². The predicted molar refractivity (Wildman–Crippen MR) is 107 cm³/mol. The lowest BCUT2D eigenvalue weighted by Gasteiger charge is -2.11. The molecule has 1 amide bonds. The number of hydrogen-bond acceptors (Lipinski definition) is 3. The summed E-state index contributed by atoms with van der Waals surface area (Å²) in [5.41, 5.74) is 1.24. The number of rotatable bonds is 6. The molecule has 3 aromatic rings. The van der Waals surface area contributed by atoms with E-state index in [-0.39, 0.29) is 23.3 Å². The standard InChI is InChI=1S/C21H15ClFNO2S/c22-15-6-11-19(18(12-15)21(26)14-4-2-1-3-5-14)24-20(25)13-27-17-9-7-16(23)8-10-17/h1-12H,13H2,(H,24,25). The average molecular weight is 400 g/mol. The van der Waals surface area contributed by atoms with E-state index in [2.05, 4.69) is 5.32 Å². The average Bonchev–Trinajstić information content (AvgIpc) is 2.69. The zero-order chi connectivity index (χ0) is 19.2. The van der Waals surface area contributed by atoms with Crippen LogP contribution in [0.5, 0.6) is 0 Å². The van der Waals surface area contributed by atoms with Crippen LogP contribution in [0.15, 0.2) is 77.7 Å². The van der Waals surface area contributed by atoms with Gasteiger partial charge in [0.2, 0.25) is 5.91 Å². The zero-order valence-corrected chi connectivity index (χ0v) is 15.7. The van der Waals surface area contributed by atoms with Gasteiger partial charge in [0.1, 0.15) is 5.82 Å². The SMILES string of the molecule is O=C(CSc1ccc(F)cc1)Nc1ccc(Cl)cc1C(=O)c1ccccc1. The third-order valence-corrected chi connectivity index (χ3v) is 4.97. The van der Waals surface area contributed by atoms with E-state index in [4.69, 9.17) is 11.6 Å². The third kappa shape index (κ3) is 5.18. The molecule has 0 fully saturated rings. The lowest BCUT2D eigenvalue weighted by molar-refractivity contribution is -0.113. The highest BCUT2D eigenvalue weighted by atomic mass is 35.5. The highest BCUT2D eigenvalue weighted by molar-refractivity contribution is 8.00. The molecule has 0 bridgehead atoms. The van der Waals surface area contributed by atoms with Gasteiger partial charge in [-0.2, -0.15) is 0 Å². The number of carbonyl (C=O) groups is 2. The molecular formula is C21H15ClFNO2S. The molecule has 3 rings (SSSR count). The van der Waals surface area contributed by atoms with E-state index in [1.807, 2.05) is 6.07 Å². The smallest absolute Gasteiger partial charge is 0.234 e. The van der Waals surface area contributed by atoms with E-state index < -0.39 is 0 Å². The number of ketones is 1. The lowest BCUT2D eigenvalue weighted by Crippen LogP contribution is -2.17. The van der Waals surface area contributed by atoms with Gasteiger partial charge in [-0.3, -0.25) is 9.59 Å². The predicted octanol–water partition coefficient (Wildman–Crippen LogP) is 5.44. The molecule has 0 unspecified atom stereocenters. The maximum absolute atomic E-state index is 12.9. The van der Waals surface area contributed by atoms with Crippen LogP contribution in [-0.4, -0.2) is 17.4 Å². The van der Waals surface area contributed by atoms with E-state index in [1.54, 1.807) is 54.6 Å². The van der Waals surface area contributed by atoms with E-state index in [0.29, 0.717) is 21.8 Å². The first-order valence-electron chi connectivity index (χ1n) is 8.10. The second kappa shape index (κ2) is 8.84. The minimum absolute atomic E-state index is 0.132. The van der Waals surface area contributed by atoms with Crippen LogP contribution in [0.3, 0.4) is 0 Å². The number of thioether (sulfide) groups is 1. The van der Waals surface area contributed by atoms with Crippen molar-refractivity contribution in [1.82, 2.24) is 0 Å². The molecule has 0 aliphatic rings. The first kappa shape index (κ1) is 19.1. The summed E-state index contributed by atoms with van der Waals surface area (Å²) in [7, 11) is 0. The third-order valence-electron chi connectivity index (χ3n) is 3.72. The molecule has 0 atom stereocenters. The van der Waals surface area contributed by atoms with Gasteiger partial charge in [0.05, 0.1) is 11.4 Å². The van der Waals surface area contributed by atoms with Crippen molar-refractivity contribution < 1.29 is 14.0 Å². The van der Waals surface area contributed by atoms with Crippen LogP contribution in [0.25, 0.3) is 0 Å². The minimum atomic E-state index is -0.325. The summed E-state index contributed by atoms with van der Waals surface area (Å²) in [6, 6.07) is 19.5. The van der Waals surface area contributed by atoms with Crippen LogP contribution >= 0.6 is 23.4 Å². The van der Waals surface area contributed by atoms with Gasteiger partial charge in [-0.15, -0.1) is 11.8 Å². The summed E-state index contributed by atoms with van der Waals surface area (Å²) in [6.07, 6.45) is 0. The van der Waals surface area contributed by atoms with E-state index in [9.17, 15) is 14.0 Å². The number of benzene rings is 3. The Kier molecular flexibility index (Phi) is 6.27. The summed E-state index contributed by atoms with van der Waals surface area (Å²) < 4.78 is 12.9. The van der Waals surface area contributed by atoms with Crippen molar-refractivity contribution in [2.24, 2.45) is 0 Å². The zero-order valence-electron chi connectivity index (χ0n) is 14.1. The Balaban J connectivity index is 1.73. The molecule has 1 N–H and O–H groups in total. The normalized spacial score (nSPS) is 10.4. The van der Waals surface area contributed by atoms with Crippen LogP contribution in [0.1, 0.15) is 15.9 Å². The maximum atomic E-state index is 12.9. The Hall–Kier alpha value is -2.63. The molecule has 27 heavy (non-hydrogen) atoms. The number of anilines is 1. The summed E-state index contributed by atoms with van der Waals surface area (Å²) in [6.45, 7) is 0. The van der Waals surface area contributed by atoms with Gasteiger partial charge < -0.3 is 5.32 Å². The number of halogens is 2. The van der Waals surface area contributed by atoms with Crippen LogP contribution in [0.4, 0.5) is 10.1 Å². The largest absolute Gasteiger partial charge is 0.325 e. The Morgan fingerprint density at radius 2 is 1.67 bits per heavy atom. The van der Waals surface area contributed by atoms with Gasteiger partial charge in [-0.05, 0) is 42.5 Å². The quantitative estimate of drug-likeness (QED) is 0.443. The van der Waals surface area contributed by atoms with Gasteiger partial charge in [-0.25, -0.2) is 4.39 Å². The van der Waals surface area contributed by atoms with Crippen LogP contribution in [-0.2, 0) is 4.79 Å². The van der Waals surface area contributed by atoms with Crippen molar-refractivity contribution in [3.05, 3.63) is 94.8 Å². The van der Waals surface area contributed by atoms with Crippen molar-refractivity contribution in [1.29, 1.82) is 0 Å². The molecular weight excluding hydrogens is 385 g/mol. The molecule has 0 aliphatic carbocycles. The summed E-state index contributed by atoms with van der Waals surface area (Å²) in [4.78, 5) is 25.8. The molecule has 0 heterocycles. The van der Waals surface area contributed by atoms with Crippen molar-refractivity contribution in [2.45, 2.75) is 4.90 Å². The monoisotopic (exact) mass is 399 g/mol. The van der Waals surface area contributed by atoms with Crippen molar-refractivity contribution in [3.8, 4) is 0 Å². The van der Waals surface area contributed by atoms with Gasteiger partial charge >= 0.3 is 0 Å². The fourth-order valence-corrected chi connectivity index (χ4v) is 3.29. The molecule has 3 aromatic carbocycles. The highest BCUT2D eigenvalue weighted by Crippen LogP contribution is 2.25. The molecule has 0 radical (unpaired) electrons. The topological polar surface area (TPSA) is 46.2 Å². The van der Waals surface area contributed by atoms with Crippen LogP contribution < -0.4 is 5.32 Å². The Bertz CT molecular complexity index is 962. The van der Waals surface area contributed by atoms with Crippen molar-refractivity contribution in [2.75, 3.05) is 11.1 Å². The number of amides is 1. The fraction of sp³-hybridized carbons (Fsp3) is 0.0476. The van der Waals surface area contributed by atoms with Gasteiger partial charge in [0.15, 0.2) is 5.78 Å². The molecule has 0 spiro atoms. The number of hydrogen-bond donors (Lipinski definition) is 1. The minimum Gasteiger partial charge on any atom is -0.325 e. The molecule has 136 valence electrons. The molecule has 6 heteroatoms. The van der Waals surface area contributed by atoms with Crippen molar-refractivity contribution >= 4 is 40.7 Å². The van der Waals surface area contributed by atoms with E-state index in [0.717, 1.165) is 4.90 Å². The van der Waals surface area contributed by atoms with Gasteiger partial charge in [-0.1, -0.05) is 41.9 Å². The second-order valence-electron chi connectivity index (χ2n) is 5.68. The molecule has 0 saturated carbocycles. The number of nitrogens with one attached hydrogen (secondary N) is 1. The molecule has 0 aliphatic heterocycles. The molecule has 0 aromatic heterocycles. The Labute approximate surface area is 165 Å². The Morgan fingerprint density at radius 3 is 2.37 bits per heavy atom. The molecule has 0 saturated heterocycles. The van der Waals surface area contributed by atoms with Crippen molar-refractivity contribution in [3.63, 3.8) is 0 Å². The summed E-state index contributed by atoms with van der Waals surface area (Å²) >= 11 is 7.32. The highest BCUT2D eigenvalue weighted by Gasteiger charge is 2.16. The first-order valence-corrected chi connectivity index (χ1v) is 9.47. The fourth-order valence-electron chi connectivity index (χ4n) is 2.42. The summed E-state index contributed by atoms with van der Waals surface area (Å²) in [5, 5.41) is 3.17. The van der Waals surface area contributed by atoms with E-state index >= 15 is 0 Å². The van der Waals surface area contributed by atoms with Crippen LogP contribution in [0.2, 0.25) is 5.02 Å². The van der Waals surface area contributed by atoms with Gasteiger partial charge in [0, 0.05) is 21.0 Å². The molecule has 3 nitrogen and oxygen atoms in total.